The first-order chi connectivity index (χ1) is 11.6. The fourth-order valence-corrected chi connectivity index (χ4v) is 2.79. The number of hydrogen-bond acceptors (Lipinski definition) is 5. The Morgan fingerprint density at radius 2 is 1.84 bits per heavy atom. The molecule has 2 aromatic carbocycles. The molecule has 2 aromatic rings. The van der Waals surface area contributed by atoms with Crippen LogP contribution in [0.1, 0.15) is 16.7 Å². The van der Waals surface area contributed by atoms with Gasteiger partial charge in [0.1, 0.15) is 6.61 Å². The molecule has 134 valence electrons. The van der Waals surface area contributed by atoms with Crippen LogP contribution in [0.15, 0.2) is 36.4 Å². The quantitative estimate of drug-likeness (QED) is 0.580. The summed E-state index contributed by atoms with van der Waals surface area (Å²) in [5, 5.41) is 11.0. The minimum absolute atomic E-state index is 0.142. The van der Waals surface area contributed by atoms with Gasteiger partial charge in [-0.15, -0.1) is 0 Å². The lowest BCUT2D eigenvalue weighted by atomic mass is 10.1. The van der Waals surface area contributed by atoms with E-state index in [1.165, 1.54) is 25.2 Å². The highest BCUT2D eigenvalue weighted by Crippen LogP contribution is 2.33. The predicted octanol–water partition coefficient (Wildman–Crippen LogP) is 3.19. The van der Waals surface area contributed by atoms with E-state index in [0.717, 1.165) is 27.3 Å². The number of nitro groups is 1. The van der Waals surface area contributed by atoms with Gasteiger partial charge in [0.15, 0.2) is 5.75 Å². The Hall–Kier alpha value is -2.61. The Kier molecular flexibility index (Phi) is 5.32. The van der Waals surface area contributed by atoms with E-state index in [9.17, 15) is 18.5 Å². The summed E-state index contributed by atoms with van der Waals surface area (Å²) in [5.74, 6) is 0.142. The van der Waals surface area contributed by atoms with Crippen molar-refractivity contribution in [3.63, 3.8) is 0 Å². The van der Waals surface area contributed by atoms with Gasteiger partial charge in [0, 0.05) is 13.1 Å². The molecular weight excluding hydrogens is 344 g/mol. The van der Waals surface area contributed by atoms with E-state index >= 15 is 0 Å². The lowest BCUT2D eigenvalue weighted by molar-refractivity contribution is -0.384. The fourth-order valence-electron chi connectivity index (χ4n) is 2.28. The van der Waals surface area contributed by atoms with Crippen LogP contribution in [-0.2, 0) is 16.6 Å². The average molecular weight is 364 g/mol. The molecule has 0 atom stereocenters. The van der Waals surface area contributed by atoms with Crippen molar-refractivity contribution in [2.75, 3.05) is 17.6 Å². The molecule has 2 rings (SSSR count). The second kappa shape index (κ2) is 7.10. The number of hydrogen-bond donors (Lipinski definition) is 0. The number of nitrogens with zero attached hydrogens (tertiary/aromatic N) is 2. The number of ether oxygens (including phenoxy) is 1. The fraction of sp³-hybridized carbons (Fsp3) is 0.294. The maximum Gasteiger partial charge on any atom is 0.273 e. The van der Waals surface area contributed by atoms with Crippen molar-refractivity contribution in [2.24, 2.45) is 0 Å². The molecule has 0 aliphatic heterocycles. The number of sulfonamides is 1. The summed E-state index contributed by atoms with van der Waals surface area (Å²) >= 11 is 0. The van der Waals surface area contributed by atoms with Crippen LogP contribution in [0.25, 0.3) is 0 Å². The van der Waals surface area contributed by atoms with Gasteiger partial charge in [0.25, 0.3) is 5.69 Å². The van der Waals surface area contributed by atoms with E-state index in [0.29, 0.717) is 0 Å². The first-order valence-corrected chi connectivity index (χ1v) is 9.35. The number of rotatable bonds is 6. The normalized spacial score (nSPS) is 11.2. The molecule has 0 heterocycles. The molecule has 0 N–H and O–H groups in total. The zero-order valence-electron chi connectivity index (χ0n) is 14.5. The Labute approximate surface area is 147 Å². The van der Waals surface area contributed by atoms with E-state index in [2.05, 4.69) is 0 Å². The van der Waals surface area contributed by atoms with Crippen molar-refractivity contribution in [3.05, 3.63) is 63.2 Å². The SMILES string of the molecule is Cc1ccc(C)c(COc2cc([N+](=O)[O-])ccc2N(C)S(C)(=O)=O)c1. The number of non-ortho nitro benzene ring substituents is 1. The van der Waals surface area contributed by atoms with Crippen LogP contribution in [0.4, 0.5) is 11.4 Å². The van der Waals surface area contributed by atoms with Crippen molar-refractivity contribution in [1.29, 1.82) is 0 Å². The van der Waals surface area contributed by atoms with Crippen LogP contribution in [-0.4, -0.2) is 26.6 Å². The smallest absolute Gasteiger partial charge is 0.273 e. The third kappa shape index (κ3) is 4.48. The molecule has 0 unspecified atom stereocenters. The van der Waals surface area contributed by atoms with Crippen molar-refractivity contribution in [2.45, 2.75) is 20.5 Å². The molecule has 0 aliphatic carbocycles. The minimum Gasteiger partial charge on any atom is -0.486 e. The summed E-state index contributed by atoms with van der Waals surface area (Å²) in [4.78, 5) is 10.5. The highest BCUT2D eigenvalue weighted by molar-refractivity contribution is 7.92. The van der Waals surface area contributed by atoms with E-state index in [-0.39, 0.29) is 23.7 Å². The summed E-state index contributed by atoms with van der Waals surface area (Å²) in [6.07, 6.45) is 1.06. The largest absolute Gasteiger partial charge is 0.486 e. The van der Waals surface area contributed by atoms with Gasteiger partial charge < -0.3 is 4.74 Å². The second-order valence-corrected chi connectivity index (χ2v) is 7.87. The lowest BCUT2D eigenvalue weighted by Crippen LogP contribution is -2.25. The summed E-state index contributed by atoms with van der Waals surface area (Å²) in [7, 11) is -2.15. The molecule has 0 fully saturated rings. The van der Waals surface area contributed by atoms with Crippen LogP contribution in [0.3, 0.4) is 0 Å². The summed E-state index contributed by atoms with van der Waals surface area (Å²) < 4.78 is 30.4. The molecule has 0 saturated carbocycles. The number of nitro benzene ring substituents is 1. The van der Waals surface area contributed by atoms with Gasteiger partial charge >= 0.3 is 0 Å². The van der Waals surface area contributed by atoms with Crippen LogP contribution >= 0.6 is 0 Å². The van der Waals surface area contributed by atoms with Crippen LogP contribution in [0.2, 0.25) is 0 Å². The number of anilines is 1. The summed E-state index contributed by atoms with van der Waals surface area (Å²) in [6.45, 7) is 4.08. The molecule has 8 heteroatoms. The zero-order chi connectivity index (χ0) is 18.8. The molecule has 0 spiro atoms. The average Bonchev–Trinajstić information content (AvgIpc) is 2.53. The maximum atomic E-state index is 11.8. The molecule has 0 aliphatic rings. The molecule has 25 heavy (non-hydrogen) atoms. The molecule has 0 amide bonds. The molecule has 0 radical (unpaired) electrons. The van der Waals surface area contributed by atoms with Crippen molar-refractivity contribution >= 4 is 21.4 Å². The highest BCUT2D eigenvalue weighted by atomic mass is 32.2. The molecule has 0 bridgehead atoms. The first-order valence-electron chi connectivity index (χ1n) is 7.51. The third-order valence-corrected chi connectivity index (χ3v) is 5.07. The Morgan fingerprint density at radius 3 is 2.44 bits per heavy atom. The highest BCUT2D eigenvalue weighted by Gasteiger charge is 2.20. The van der Waals surface area contributed by atoms with Crippen molar-refractivity contribution in [3.8, 4) is 5.75 Å². The van der Waals surface area contributed by atoms with Gasteiger partial charge in [-0.2, -0.15) is 0 Å². The first kappa shape index (κ1) is 18.7. The van der Waals surface area contributed by atoms with E-state index in [4.69, 9.17) is 4.74 Å². The Morgan fingerprint density at radius 1 is 1.16 bits per heavy atom. The zero-order valence-corrected chi connectivity index (χ0v) is 15.3. The summed E-state index contributed by atoms with van der Waals surface area (Å²) in [6, 6.07) is 9.77. The van der Waals surface area contributed by atoms with Gasteiger partial charge in [-0.3, -0.25) is 14.4 Å². The molecule has 7 nitrogen and oxygen atoms in total. The predicted molar refractivity (Wildman–Crippen MR) is 96.6 cm³/mol. The number of benzene rings is 2. The standard InChI is InChI=1S/C17H20N2O5S/c1-12-5-6-13(2)14(9-12)11-24-17-10-15(19(20)21)7-8-16(17)18(3)25(4,22)23/h5-10H,11H2,1-4H3. The van der Waals surface area contributed by atoms with E-state index in [1.54, 1.807) is 0 Å². The maximum absolute atomic E-state index is 11.8. The van der Waals surface area contributed by atoms with Crippen molar-refractivity contribution in [1.82, 2.24) is 0 Å². The second-order valence-electron chi connectivity index (χ2n) is 5.86. The summed E-state index contributed by atoms with van der Waals surface area (Å²) in [5.41, 5.74) is 3.10. The van der Waals surface area contributed by atoms with Gasteiger partial charge in [-0.1, -0.05) is 23.8 Å². The Balaban J connectivity index is 2.41. The van der Waals surface area contributed by atoms with Gasteiger partial charge in [0.05, 0.1) is 22.9 Å². The van der Waals surface area contributed by atoms with Crippen LogP contribution in [0, 0.1) is 24.0 Å². The third-order valence-electron chi connectivity index (χ3n) is 3.88. The number of aryl methyl sites for hydroxylation is 2. The van der Waals surface area contributed by atoms with Gasteiger partial charge in [-0.25, -0.2) is 8.42 Å². The lowest BCUT2D eigenvalue weighted by Gasteiger charge is -2.20. The van der Waals surface area contributed by atoms with Crippen LogP contribution in [0.5, 0.6) is 5.75 Å². The molecular formula is C17H20N2O5S. The minimum atomic E-state index is -3.53. The van der Waals surface area contributed by atoms with Crippen LogP contribution < -0.4 is 9.04 Å². The monoisotopic (exact) mass is 364 g/mol. The van der Waals surface area contributed by atoms with Gasteiger partial charge in [0.2, 0.25) is 10.0 Å². The topological polar surface area (TPSA) is 89.8 Å². The Bertz CT molecular complexity index is 909. The molecule has 0 aromatic heterocycles. The van der Waals surface area contributed by atoms with E-state index < -0.39 is 14.9 Å². The molecule has 0 saturated heterocycles. The van der Waals surface area contributed by atoms with E-state index in [1.807, 2.05) is 32.0 Å². The van der Waals surface area contributed by atoms with Gasteiger partial charge in [-0.05, 0) is 31.0 Å². The van der Waals surface area contributed by atoms with Crippen molar-refractivity contribution < 1.29 is 18.1 Å².